The second-order valence-electron chi connectivity index (χ2n) is 7.22. The second kappa shape index (κ2) is 6.55. The van der Waals surface area contributed by atoms with Crippen LogP contribution in [-0.4, -0.2) is 32.9 Å². The summed E-state index contributed by atoms with van der Waals surface area (Å²) in [6, 6.07) is 10.8. The Bertz CT molecular complexity index is 711. The number of fused-ring (bicyclic) bond motifs is 2. The molecule has 1 aromatic heterocycles. The highest BCUT2D eigenvalue weighted by molar-refractivity contribution is 7.80. The lowest BCUT2D eigenvalue weighted by molar-refractivity contribution is 0.373. The molecule has 126 valence electrons. The molecule has 5 heteroatoms. The van der Waals surface area contributed by atoms with Crippen LogP contribution < -0.4 is 5.32 Å². The molecule has 1 heterocycles. The predicted molar refractivity (Wildman–Crippen MR) is 100 cm³/mol. The molecule has 0 spiro atoms. The summed E-state index contributed by atoms with van der Waals surface area (Å²) in [5.41, 5.74) is 2.24. The molecule has 2 aliphatic rings. The van der Waals surface area contributed by atoms with Gasteiger partial charge in [0.2, 0.25) is 0 Å². The second-order valence-corrected chi connectivity index (χ2v) is 7.60. The third-order valence-corrected chi connectivity index (χ3v) is 5.90. The smallest absolute Gasteiger partial charge is 0.169 e. The molecular formula is C19H24N4S. The highest BCUT2D eigenvalue weighted by Crippen LogP contribution is 2.44. The van der Waals surface area contributed by atoms with Crippen LogP contribution in [-0.2, 0) is 6.54 Å². The molecule has 0 saturated heterocycles. The maximum Gasteiger partial charge on any atom is 0.169 e. The molecule has 0 unspecified atom stereocenters. The van der Waals surface area contributed by atoms with Gasteiger partial charge in [-0.3, -0.25) is 0 Å². The number of hydrogen-bond acceptors (Lipinski definition) is 2. The first-order chi connectivity index (χ1) is 11.7. The summed E-state index contributed by atoms with van der Waals surface area (Å²) in [4.78, 5) is 2.12. The summed E-state index contributed by atoms with van der Waals surface area (Å²) in [7, 11) is 2.06. The first kappa shape index (κ1) is 15.6. The van der Waals surface area contributed by atoms with Crippen LogP contribution >= 0.6 is 12.2 Å². The summed E-state index contributed by atoms with van der Waals surface area (Å²) in [5.74, 6) is 1.77. The third-order valence-electron chi connectivity index (χ3n) is 5.47. The van der Waals surface area contributed by atoms with E-state index in [-0.39, 0.29) is 0 Å². The van der Waals surface area contributed by atoms with Gasteiger partial charge in [-0.05, 0) is 55.4 Å². The highest BCUT2D eigenvalue weighted by Gasteiger charge is 2.39. The number of nitrogens with one attached hydrogen (secondary N) is 1. The first-order valence-corrected chi connectivity index (χ1v) is 9.20. The van der Waals surface area contributed by atoms with Crippen molar-refractivity contribution in [3.8, 4) is 5.69 Å². The Morgan fingerprint density at radius 1 is 1.29 bits per heavy atom. The number of thiocarbonyl (C=S) groups is 1. The van der Waals surface area contributed by atoms with Crippen LogP contribution in [0.25, 0.3) is 5.69 Å². The van der Waals surface area contributed by atoms with E-state index in [2.05, 4.69) is 40.7 Å². The Hall–Kier alpha value is -1.88. The van der Waals surface area contributed by atoms with Crippen molar-refractivity contribution in [2.45, 2.75) is 38.3 Å². The van der Waals surface area contributed by atoms with Crippen molar-refractivity contribution in [3.63, 3.8) is 0 Å². The molecule has 2 fully saturated rings. The molecule has 24 heavy (non-hydrogen) atoms. The van der Waals surface area contributed by atoms with Crippen molar-refractivity contribution >= 4 is 17.3 Å². The predicted octanol–water partition coefficient (Wildman–Crippen LogP) is 3.37. The summed E-state index contributed by atoms with van der Waals surface area (Å²) < 4.78 is 1.91. The molecule has 2 aliphatic carbocycles. The summed E-state index contributed by atoms with van der Waals surface area (Å²) in [6.45, 7) is 0.777. The Morgan fingerprint density at radius 2 is 2.12 bits per heavy atom. The van der Waals surface area contributed by atoms with Gasteiger partial charge in [0.15, 0.2) is 5.11 Å². The lowest BCUT2D eigenvalue weighted by atomic mass is 9.95. The van der Waals surface area contributed by atoms with Gasteiger partial charge in [-0.2, -0.15) is 5.10 Å². The van der Waals surface area contributed by atoms with Gasteiger partial charge in [0, 0.05) is 31.4 Å². The van der Waals surface area contributed by atoms with Gasteiger partial charge in [-0.15, -0.1) is 0 Å². The summed E-state index contributed by atoms with van der Waals surface area (Å²) >= 11 is 5.62. The Labute approximate surface area is 148 Å². The standard InChI is InChI=1S/C19H24N4S/c1-22(19(24)21-18-10-14-7-8-16(18)9-14)12-15-11-20-23(13-15)17-5-3-2-4-6-17/h2-6,11,13-14,16,18H,7-10,12H2,1H3,(H,21,24)/t14-,16-,18+/m0/s1. The van der Waals surface area contributed by atoms with E-state index in [9.17, 15) is 0 Å². The van der Waals surface area contributed by atoms with E-state index >= 15 is 0 Å². The zero-order valence-corrected chi connectivity index (χ0v) is 14.9. The van der Waals surface area contributed by atoms with Crippen LogP contribution in [0.4, 0.5) is 0 Å². The van der Waals surface area contributed by atoms with Crippen molar-refractivity contribution in [2.24, 2.45) is 11.8 Å². The SMILES string of the molecule is CN(Cc1cnn(-c2ccccc2)c1)C(=S)N[C@@H]1C[C@H]2CC[C@H]1C2. The molecule has 0 radical (unpaired) electrons. The van der Waals surface area contributed by atoms with Crippen molar-refractivity contribution in [1.29, 1.82) is 0 Å². The Balaban J connectivity index is 1.35. The fraction of sp³-hybridized carbons (Fsp3) is 0.474. The molecule has 4 nitrogen and oxygen atoms in total. The van der Waals surface area contributed by atoms with Gasteiger partial charge >= 0.3 is 0 Å². The zero-order valence-electron chi connectivity index (χ0n) is 14.1. The topological polar surface area (TPSA) is 33.1 Å². The minimum absolute atomic E-state index is 0.589. The van der Waals surface area contributed by atoms with Gasteiger partial charge < -0.3 is 10.2 Å². The number of nitrogens with zero attached hydrogens (tertiary/aromatic N) is 3. The van der Waals surface area contributed by atoms with Gasteiger partial charge in [-0.1, -0.05) is 24.6 Å². The normalized spacial score (nSPS) is 25.0. The molecule has 0 amide bonds. The highest BCUT2D eigenvalue weighted by atomic mass is 32.1. The van der Waals surface area contributed by atoms with Crippen molar-refractivity contribution in [3.05, 3.63) is 48.3 Å². The van der Waals surface area contributed by atoms with Gasteiger partial charge in [0.25, 0.3) is 0 Å². The minimum Gasteiger partial charge on any atom is -0.360 e. The molecular weight excluding hydrogens is 316 g/mol. The van der Waals surface area contributed by atoms with Crippen molar-refractivity contribution in [1.82, 2.24) is 20.0 Å². The quantitative estimate of drug-likeness (QED) is 0.865. The molecule has 2 bridgehead atoms. The third kappa shape index (κ3) is 3.18. The Morgan fingerprint density at radius 3 is 2.83 bits per heavy atom. The largest absolute Gasteiger partial charge is 0.360 e. The molecule has 1 N–H and O–H groups in total. The number of rotatable bonds is 4. The average Bonchev–Trinajstić information content (AvgIpc) is 3.32. The van der Waals surface area contributed by atoms with Crippen LogP contribution in [0.5, 0.6) is 0 Å². The van der Waals surface area contributed by atoms with E-state index in [4.69, 9.17) is 12.2 Å². The number of benzene rings is 1. The van der Waals surface area contributed by atoms with Crippen molar-refractivity contribution in [2.75, 3.05) is 7.05 Å². The maximum absolute atomic E-state index is 5.62. The van der Waals surface area contributed by atoms with E-state index in [1.54, 1.807) is 0 Å². The van der Waals surface area contributed by atoms with Crippen LogP contribution in [0.3, 0.4) is 0 Å². The fourth-order valence-electron chi connectivity index (χ4n) is 4.20. The number of hydrogen-bond donors (Lipinski definition) is 1. The minimum atomic E-state index is 0.589. The lowest BCUT2D eigenvalue weighted by Gasteiger charge is -2.28. The van der Waals surface area contributed by atoms with Crippen LogP contribution in [0.2, 0.25) is 0 Å². The summed E-state index contributed by atoms with van der Waals surface area (Å²) in [6.07, 6.45) is 9.48. The van der Waals surface area contributed by atoms with E-state index < -0.39 is 0 Å². The zero-order chi connectivity index (χ0) is 16.5. The molecule has 2 aromatic rings. The van der Waals surface area contributed by atoms with Gasteiger partial charge in [0.05, 0.1) is 11.9 Å². The Kier molecular flexibility index (Phi) is 4.27. The maximum atomic E-state index is 5.62. The van der Waals surface area contributed by atoms with E-state index in [1.165, 1.54) is 31.2 Å². The van der Waals surface area contributed by atoms with Crippen LogP contribution in [0.15, 0.2) is 42.7 Å². The molecule has 1 aromatic carbocycles. The number of para-hydroxylation sites is 1. The number of aromatic nitrogens is 2. The molecule has 3 atom stereocenters. The first-order valence-electron chi connectivity index (χ1n) is 8.79. The van der Waals surface area contributed by atoms with E-state index in [0.29, 0.717) is 6.04 Å². The van der Waals surface area contributed by atoms with Gasteiger partial charge in [0.1, 0.15) is 0 Å². The molecule has 4 rings (SSSR count). The average molecular weight is 340 g/mol. The molecule has 2 saturated carbocycles. The van der Waals surface area contributed by atoms with Gasteiger partial charge in [-0.25, -0.2) is 4.68 Å². The van der Waals surface area contributed by atoms with Crippen LogP contribution in [0.1, 0.15) is 31.2 Å². The monoisotopic (exact) mass is 340 g/mol. The summed E-state index contributed by atoms with van der Waals surface area (Å²) in [5, 5.41) is 8.92. The van der Waals surface area contributed by atoms with Crippen molar-refractivity contribution < 1.29 is 0 Å². The van der Waals surface area contributed by atoms with E-state index in [1.807, 2.05) is 29.1 Å². The molecule has 0 aliphatic heterocycles. The fourth-order valence-corrected chi connectivity index (χ4v) is 4.42. The lowest BCUT2D eigenvalue weighted by Crippen LogP contribution is -2.44. The van der Waals surface area contributed by atoms with Crippen LogP contribution in [0, 0.1) is 11.8 Å². The van der Waals surface area contributed by atoms with E-state index in [0.717, 1.165) is 29.2 Å².